The van der Waals surface area contributed by atoms with Crippen LogP contribution in [0.25, 0.3) is 11.0 Å². The summed E-state index contributed by atoms with van der Waals surface area (Å²) in [4.78, 5) is 34.4. The fourth-order valence-electron chi connectivity index (χ4n) is 3.38. The van der Waals surface area contributed by atoms with Gasteiger partial charge in [0.1, 0.15) is 16.9 Å². The normalized spacial score (nSPS) is 23.8. The molecule has 25 heavy (non-hydrogen) atoms. The smallest absolute Gasteiger partial charge is 0.236 e. The number of aliphatic hydroxyl groups excluding tert-OH is 1. The highest BCUT2D eigenvalue weighted by Crippen LogP contribution is 2.51. The number of thiol groups is 1. The summed E-state index contributed by atoms with van der Waals surface area (Å²) in [6.45, 7) is 1.84. The first kappa shape index (κ1) is 16.7. The quantitative estimate of drug-likeness (QED) is 0.550. The molecule has 1 aromatic heterocycles. The van der Waals surface area contributed by atoms with Crippen molar-refractivity contribution in [3.63, 3.8) is 0 Å². The third kappa shape index (κ3) is 2.59. The largest absolute Gasteiger partial charge is 0.392 e. The van der Waals surface area contributed by atoms with E-state index in [9.17, 15) is 14.7 Å². The van der Waals surface area contributed by atoms with Gasteiger partial charge in [0.25, 0.3) is 0 Å². The maximum absolute atomic E-state index is 12.4. The number of nitrogens with zero attached hydrogens (tertiary/aromatic N) is 2. The summed E-state index contributed by atoms with van der Waals surface area (Å²) < 4.78 is 0. The van der Waals surface area contributed by atoms with Crippen molar-refractivity contribution in [2.45, 2.75) is 31.2 Å². The molecule has 1 fully saturated rings. The summed E-state index contributed by atoms with van der Waals surface area (Å²) in [6.07, 6.45) is 0.240. The lowest BCUT2D eigenvalue weighted by molar-refractivity contribution is -0.154. The van der Waals surface area contributed by atoms with Gasteiger partial charge < -0.3 is 10.1 Å². The zero-order valence-electron chi connectivity index (χ0n) is 13.5. The van der Waals surface area contributed by atoms with E-state index in [4.69, 9.17) is 0 Å². The summed E-state index contributed by atoms with van der Waals surface area (Å²) in [6, 6.07) is 7.70. The molecule has 6 nitrogen and oxygen atoms in total. The lowest BCUT2D eigenvalue weighted by atomic mass is 9.90. The van der Waals surface area contributed by atoms with Gasteiger partial charge in [0.15, 0.2) is 0 Å². The summed E-state index contributed by atoms with van der Waals surface area (Å²) in [7, 11) is 0. The molecule has 0 saturated carbocycles. The van der Waals surface area contributed by atoms with Gasteiger partial charge in [-0.05, 0) is 18.6 Å². The number of aromatic nitrogens is 2. The predicted molar refractivity (Wildman–Crippen MR) is 98.8 cm³/mol. The second-order valence-electron chi connectivity index (χ2n) is 6.17. The number of rotatable bonds is 5. The minimum Gasteiger partial charge on any atom is -0.392 e. The number of hydrogen-bond acceptors (Lipinski definition) is 5. The molecule has 3 heterocycles. The average Bonchev–Trinajstić information content (AvgIpc) is 3.13. The second kappa shape index (κ2) is 6.19. The van der Waals surface area contributed by atoms with Crippen molar-refractivity contribution in [3.8, 4) is 0 Å². The number of allylic oxidation sites excluding steroid dienone is 1. The highest BCUT2D eigenvalue weighted by molar-refractivity contribution is 8.04. The van der Waals surface area contributed by atoms with Gasteiger partial charge in [-0.25, -0.2) is 4.98 Å². The molecular formula is C17H17N3O3S2. The molecule has 2 aromatic rings. The van der Waals surface area contributed by atoms with Crippen LogP contribution in [0, 0.1) is 5.92 Å². The maximum Gasteiger partial charge on any atom is 0.236 e. The Morgan fingerprint density at radius 2 is 2.24 bits per heavy atom. The van der Waals surface area contributed by atoms with Gasteiger partial charge in [0, 0.05) is 11.3 Å². The van der Waals surface area contributed by atoms with Crippen molar-refractivity contribution in [3.05, 3.63) is 40.7 Å². The number of H-pyrrole nitrogens is 1. The Labute approximate surface area is 154 Å². The molecule has 130 valence electrons. The van der Waals surface area contributed by atoms with Crippen molar-refractivity contribution in [1.29, 1.82) is 0 Å². The zero-order valence-corrected chi connectivity index (χ0v) is 15.2. The molecule has 0 aliphatic carbocycles. The third-order valence-electron chi connectivity index (χ3n) is 4.65. The number of benzene rings is 1. The van der Waals surface area contributed by atoms with Crippen LogP contribution in [-0.2, 0) is 16.0 Å². The van der Waals surface area contributed by atoms with Crippen molar-refractivity contribution in [2.75, 3.05) is 0 Å². The lowest BCUT2D eigenvalue weighted by Gasteiger charge is -2.44. The molecule has 0 unspecified atom stereocenters. The number of carbonyl (C=O) groups is 2. The van der Waals surface area contributed by atoms with Crippen LogP contribution in [0.4, 0.5) is 0 Å². The van der Waals surface area contributed by atoms with E-state index >= 15 is 0 Å². The van der Waals surface area contributed by atoms with Gasteiger partial charge in [-0.2, -0.15) is 0 Å². The first-order valence-corrected chi connectivity index (χ1v) is 9.41. The van der Waals surface area contributed by atoms with Crippen LogP contribution in [0.5, 0.6) is 0 Å². The highest BCUT2D eigenvalue weighted by atomic mass is 32.2. The van der Waals surface area contributed by atoms with Crippen molar-refractivity contribution in [1.82, 2.24) is 14.9 Å². The van der Waals surface area contributed by atoms with Crippen LogP contribution in [0.15, 0.2) is 34.9 Å². The molecule has 1 saturated heterocycles. The van der Waals surface area contributed by atoms with E-state index in [1.165, 1.54) is 16.7 Å². The van der Waals surface area contributed by atoms with Crippen LogP contribution in [0.1, 0.15) is 19.2 Å². The first-order valence-electron chi connectivity index (χ1n) is 8.09. The van der Waals surface area contributed by atoms with Crippen LogP contribution >= 0.6 is 24.4 Å². The Morgan fingerprint density at radius 1 is 1.48 bits per heavy atom. The van der Waals surface area contributed by atoms with E-state index in [0.29, 0.717) is 18.5 Å². The molecule has 3 atom stereocenters. The van der Waals surface area contributed by atoms with Crippen LogP contribution in [-0.4, -0.2) is 42.5 Å². The lowest BCUT2D eigenvalue weighted by Crippen LogP contribution is -2.61. The standard InChI is InChI=1S/C17H17N3O3S2/c1-2-10(21)13-15(22)20-14(17(23)24)11(25-16(13)20)7-12-18-8-5-3-4-6-9(8)19-12/h3-6,10,13,16,21H,2,7H2,1H3,(H,18,19)(H,23,24)/t10-,13+,16+/m0/s1. The second-order valence-corrected chi connectivity index (χ2v) is 7.79. The van der Waals surface area contributed by atoms with Gasteiger partial charge in [-0.1, -0.05) is 31.7 Å². The van der Waals surface area contributed by atoms with Crippen molar-refractivity contribution >= 4 is 46.4 Å². The minimum atomic E-state index is -0.692. The molecule has 2 aliphatic heterocycles. The number of hydrogen-bond donors (Lipinski definition) is 3. The van der Waals surface area contributed by atoms with Crippen molar-refractivity contribution < 1.29 is 14.7 Å². The molecule has 1 aromatic carbocycles. The van der Waals surface area contributed by atoms with E-state index in [1.807, 2.05) is 31.2 Å². The first-order chi connectivity index (χ1) is 12.0. The molecule has 0 radical (unpaired) electrons. The number of aromatic amines is 1. The summed E-state index contributed by atoms with van der Waals surface area (Å²) in [5.74, 6) is 0.0630. The predicted octanol–water partition coefficient (Wildman–Crippen LogP) is 2.08. The fourth-order valence-corrected chi connectivity index (χ4v) is 5.28. The van der Waals surface area contributed by atoms with Gasteiger partial charge in [-0.3, -0.25) is 14.5 Å². The van der Waals surface area contributed by atoms with Gasteiger partial charge >= 0.3 is 0 Å². The summed E-state index contributed by atoms with van der Waals surface area (Å²) >= 11 is 5.40. The van der Waals surface area contributed by atoms with E-state index in [2.05, 4.69) is 22.6 Å². The van der Waals surface area contributed by atoms with Crippen LogP contribution in [0.3, 0.4) is 0 Å². The summed E-state index contributed by atoms with van der Waals surface area (Å²) in [5, 5.41) is 9.43. The SMILES string of the molecule is CC[C@H](O)[C@@H]1C(=O)N2C(C(=O)S)=C(Cc3nc4ccccc4[nH]3)S[C@H]12. The van der Waals surface area contributed by atoms with Crippen LogP contribution in [0.2, 0.25) is 0 Å². The van der Waals surface area contributed by atoms with E-state index in [-0.39, 0.29) is 11.3 Å². The number of para-hydroxylation sites is 2. The average molecular weight is 375 g/mol. The highest BCUT2D eigenvalue weighted by Gasteiger charge is 2.57. The number of thioether (sulfide) groups is 1. The number of β-lactam (4-membered cyclic amide) rings is 1. The Balaban J connectivity index is 1.64. The number of aliphatic hydroxyl groups is 1. The Bertz CT molecular complexity index is 874. The van der Waals surface area contributed by atoms with Crippen molar-refractivity contribution in [2.24, 2.45) is 5.92 Å². The molecule has 4 rings (SSSR count). The Morgan fingerprint density at radius 3 is 2.92 bits per heavy atom. The minimum absolute atomic E-state index is 0.205. The third-order valence-corrected chi connectivity index (χ3v) is 6.23. The van der Waals surface area contributed by atoms with E-state index in [1.54, 1.807) is 0 Å². The Hall–Kier alpha value is -1.77. The summed E-state index contributed by atoms with van der Waals surface area (Å²) in [5.41, 5.74) is 2.11. The van der Waals surface area contributed by atoms with Gasteiger partial charge in [-0.15, -0.1) is 11.8 Å². The van der Waals surface area contributed by atoms with Crippen LogP contribution < -0.4 is 0 Å². The Kier molecular flexibility index (Phi) is 4.13. The molecule has 8 heteroatoms. The molecule has 0 spiro atoms. The molecule has 2 aliphatic rings. The molecule has 0 bridgehead atoms. The number of amides is 1. The number of fused-ring (bicyclic) bond motifs is 2. The van der Waals surface area contributed by atoms with E-state index in [0.717, 1.165) is 21.8 Å². The molecule has 1 amide bonds. The number of carbonyl (C=O) groups excluding carboxylic acids is 2. The number of imidazole rings is 1. The zero-order chi connectivity index (χ0) is 17.7. The molecule has 2 N–H and O–H groups in total. The monoisotopic (exact) mass is 375 g/mol. The topological polar surface area (TPSA) is 86.3 Å². The maximum atomic E-state index is 12.4. The van der Waals surface area contributed by atoms with Gasteiger partial charge in [0.2, 0.25) is 11.0 Å². The van der Waals surface area contributed by atoms with Gasteiger partial charge in [0.05, 0.1) is 23.1 Å². The fraction of sp³-hybridized carbons (Fsp3) is 0.353. The van der Waals surface area contributed by atoms with E-state index < -0.39 is 17.1 Å². The number of nitrogens with one attached hydrogen (secondary N) is 1. The molecular weight excluding hydrogens is 358 g/mol.